The molecule has 0 spiro atoms. The maximum Gasteiger partial charge on any atom is 0.255 e. The third-order valence-corrected chi connectivity index (χ3v) is 3.26. The molecule has 0 aliphatic rings. The summed E-state index contributed by atoms with van der Waals surface area (Å²) in [6.45, 7) is 8.35. The minimum absolute atomic E-state index is 0.0150. The molecular weight excluding hydrogens is 256 g/mol. The molecule has 0 radical (unpaired) electrons. The Morgan fingerprint density at radius 1 is 1.45 bits per heavy atom. The molecular formula is C14H20N4O2. The fourth-order valence-electron chi connectivity index (χ4n) is 2.06. The minimum atomic E-state index is -0.113. The first-order valence-electron chi connectivity index (χ1n) is 6.69. The zero-order valence-electron chi connectivity index (χ0n) is 12.3. The molecule has 0 saturated carbocycles. The highest BCUT2D eigenvalue weighted by molar-refractivity contribution is 5.95. The predicted molar refractivity (Wildman–Crippen MR) is 74.3 cm³/mol. The molecule has 1 N–H and O–H groups in total. The van der Waals surface area contributed by atoms with Crippen molar-refractivity contribution in [2.75, 3.05) is 0 Å². The van der Waals surface area contributed by atoms with Gasteiger partial charge < -0.3 is 9.73 Å². The Kier molecular flexibility index (Phi) is 4.22. The van der Waals surface area contributed by atoms with Gasteiger partial charge in [-0.1, -0.05) is 19.1 Å². The molecule has 0 aromatic carbocycles. The molecule has 2 aromatic heterocycles. The first-order chi connectivity index (χ1) is 9.47. The molecule has 6 nitrogen and oxygen atoms in total. The van der Waals surface area contributed by atoms with Crippen molar-refractivity contribution in [3.05, 3.63) is 35.5 Å². The quantitative estimate of drug-likeness (QED) is 0.905. The Hall–Kier alpha value is -2.11. The summed E-state index contributed by atoms with van der Waals surface area (Å²) in [5, 5.41) is 10.7. The molecule has 2 heterocycles. The van der Waals surface area contributed by atoms with Crippen LogP contribution in [0.15, 0.2) is 22.9 Å². The van der Waals surface area contributed by atoms with Gasteiger partial charge in [0.25, 0.3) is 5.91 Å². The Morgan fingerprint density at radius 3 is 2.70 bits per heavy atom. The predicted octanol–water partition coefficient (Wildman–Crippen LogP) is 1.94. The van der Waals surface area contributed by atoms with Crippen LogP contribution in [0, 0.1) is 19.8 Å². The topological polar surface area (TPSA) is 73.0 Å². The van der Waals surface area contributed by atoms with Crippen LogP contribution >= 0.6 is 0 Å². The molecule has 0 aliphatic heterocycles. The van der Waals surface area contributed by atoms with Crippen LogP contribution in [-0.2, 0) is 6.54 Å². The van der Waals surface area contributed by atoms with Crippen LogP contribution in [0.25, 0.3) is 0 Å². The first-order valence-corrected chi connectivity index (χ1v) is 6.69. The molecule has 0 fully saturated rings. The molecule has 1 amide bonds. The Morgan fingerprint density at radius 2 is 2.20 bits per heavy atom. The van der Waals surface area contributed by atoms with Crippen LogP contribution in [0.5, 0.6) is 0 Å². The van der Waals surface area contributed by atoms with E-state index in [-0.39, 0.29) is 17.9 Å². The molecule has 2 rings (SSSR count). The highest BCUT2D eigenvalue weighted by atomic mass is 16.3. The zero-order chi connectivity index (χ0) is 14.7. The van der Waals surface area contributed by atoms with E-state index in [0.717, 1.165) is 5.76 Å². The number of rotatable bonds is 5. The lowest BCUT2D eigenvalue weighted by Gasteiger charge is -2.22. The van der Waals surface area contributed by atoms with Crippen molar-refractivity contribution in [2.24, 2.45) is 5.92 Å². The number of aryl methyl sites for hydroxylation is 2. The summed E-state index contributed by atoms with van der Waals surface area (Å²) in [5.41, 5.74) is 0.590. The average molecular weight is 276 g/mol. The standard InChI is InChI=1S/C14H20N4O2/c1-9(2)13(8-18-6-5-15-17-18)16-14(19)12-7-10(3)20-11(12)4/h5-7,9,13H,8H2,1-4H3,(H,16,19)/t13-/m0/s1. The molecule has 0 saturated heterocycles. The number of carbonyl (C=O) groups is 1. The van der Waals surface area contributed by atoms with Gasteiger partial charge in [0.1, 0.15) is 11.5 Å². The van der Waals surface area contributed by atoms with Crippen molar-refractivity contribution < 1.29 is 9.21 Å². The fourth-order valence-corrected chi connectivity index (χ4v) is 2.06. The molecule has 2 aromatic rings. The van der Waals surface area contributed by atoms with Crippen molar-refractivity contribution >= 4 is 5.91 Å². The first kappa shape index (κ1) is 14.3. The largest absolute Gasteiger partial charge is 0.466 e. The summed E-state index contributed by atoms with van der Waals surface area (Å²) in [6, 6.07) is 1.75. The molecule has 6 heteroatoms. The van der Waals surface area contributed by atoms with Gasteiger partial charge in [0, 0.05) is 6.20 Å². The molecule has 0 aliphatic carbocycles. The van der Waals surface area contributed by atoms with Crippen molar-refractivity contribution in [3.8, 4) is 0 Å². The lowest BCUT2D eigenvalue weighted by molar-refractivity contribution is 0.0917. The summed E-state index contributed by atoms with van der Waals surface area (Å²) < 4.78 is 7.12. The van der Waals surface area contributed by atoms with Crippen molar-refractivity contribution in [2.45, 2.75) is 40.3 Å². The van der Waals surface area contributed by atoms with Crippen molar-refractivity contribution in [3.63, 3.8) is 0 Å². The summed E-state index contributed by atoms with van der Waals surface area (Å²) >= 11 is 0. The SMILES string of the molecule is Cc1cc(C(=O)N[C@@H](Cn2ccnn2)C(C)C)c(C)o1. The van der Waals surface area contributed by atoms with Gasteiger partial charge in [0.15, 0.2) is 0 Å². The molecule has 20 heavy (non-hydrogen) atoms. The van der Waals surface area contributed by atoms with Crippen LogP contribution < -0.4 is 5.32 Å². The van der Waals surface area contributed by atoms with E-state index in [1.807, 2.05) is 6.92 Å². The third kappa shape index (κ3) is 3.26. The van der Waals surface area contributed by atoms with Crippen LogP contribution in [0.1, 0.15) is 35.7 Å². The van der Waals surface area contributed by atoms with Gasteiger partial charge in [-0.25, -0.2) is 0 Å². The highest BCUT2D eigenvalue weighted by Gasteiger charge is 2.20. The monoisotopic (exact) mass is 276 g/mol. The third-order valence-electron chi connectivity index (χ3n) is 3.26. The average Bonchev–Trinajstić information content (AvgIpc) is 2.97. The van der Waals surface area contributed by atoms with E-state index >= 15 is 0 Å². The van der Waals surface area contributed by atoms with Crippen molar-refractivity contribution in [1.82, 2.24) is 20.3 Å². The van der Waals surface area contributed by atoms with Crippen LogP contribution in [0.2, 0.25) is 0 Å². The lowest BCUT2D eigenvalue weighted by Crippen LogP contribution is -2.41. The summed E-state index contributed by atoms with van der Waals surface area (Å²) in [7, 11) is 0. The van der Waals surface area contributed by atoms with Crippen LogP contribution in [0.4, 0.5) is 0 Å². The van der Waals surface area contributed by atoms with E-state index in [9.17, 15) is 4.79 Å². The van der Waals surface area contributed by atoms with E-state index in [1.165, 1.54) is 0 Å². The van der Waals surface area contributed by atoms with Gasteiger partial charge in [0.2, 0.25) is 0 Å². The van der Waals surface area contributed by atoms with Gasteiger partial charge in [-0.3, -0.25) is 9.48 Å². The molecule has 0 unspecified atom stereocenters. The number of nitrogens with one attached hydrogen (secondary N) is 1. The number of hydrogen-bond donors (Lipinski definition) is 1. The van der Waals surface area contributed by atoms with Gasteiger partial charge in [-0.2, -0.15) is 0 Å². The summed E-state index contributed by atoms with van der Waals surface area (Å²) in [4.78, 5) is 12.3. The molecule has 0 bridgehead atoms. The fraction of sp³-hybridized carbons (Fsp3) is 0.500. The van der Waals surface area contributed by atoms with E-state index < -0.39 is 0 Å². The van der Waals surface area contributed by atoms with Crippen LogP contribution in [0.3, 0.4) is 0 Å². The summed E-state index contributed by atoms with van der Waals surface area (Å²) in [5.74, 6) is 1.56. The van der Waals surface area contributed by atoms with E-state index in [2.05, 4.69) is 29.5 Å². The number of nitrogens with zero attached hydrogens (tertiary/aromatic N) is 3. The lowest BCUT2D eigenvalue weighted by atomic mass is 10.0. The molecule has 1 atom stereocenters. The van der Waals surface area contributed by atoms with Gasteiger partial charge in [0.05, 0.1) is 24.3 Å². The Labute approximate surface area is 118 Å². The zero-order valence-corrected chi connectivity index (χ0v) is 12.3. The van der Waals surface area contributed by atoms with E-state index in [1.54, 1.807) is 30.1 Å². The highest BCUT2D eigenvalue weighted by Crippen LogP contribution is 2.14. The van der Waals surface area contributed by atoms with Gasteiger partial charge in [-0.05, 0) is 25.8 Å². The normalized spacial score (nSPS) is 12.7. The number of hydrogen-bond acceptors (Lipinski definition) is 4. The molecule has 108 valence electrons. The smallest absolute Gasteiger partial charge is 0.255 e. The Bertz CT molecular complexity index is 572. The maximum atomic E-state index is 12.3. The van der Waals surface area contributed by atoms with Crippen molar-refractivity contribution in [1.29, 1.82) is 0 Å². The number of furan rings is 1. The second-order valence-electron chi connectivity index (χ2n) is 5.28. The summed E-state index contributed by atoms with van der Waals surface area (Å²) in [6.07, 6.45) is 3.41. The Balaban J connectivity index is 2.08. The number of aromatic nitrogens is 3. The minimum Gasteiger partial charge on any atom is -0.466 e. The van der Waals surface area contributed by atoms with Gasteiger partial charge in [-0.15, -0.1) is 5.10 Å². The second-order valence-corrected chi connectivity index (χ2v) is 5.28. The van der Waals surface area contributed by atoms with E-state index in [4.69, 9.17) is 4.42 Å². The number of amides is 1. The maximum absolute atomic E-state index is 12.3. The van der Waals surface area contributed by atoms with Gasteiger partial charge >= 0.3 is 0 Å². The number of carbonyl (C=O) groups excluding carboxylic acids is 1. The second kappa shape index (κ2) is 5.90. The van der Waals surface area contributed by atoms with E-state index in [0.29, 0.717) is 17.9 Å². The van der Waals surface area contributed by atoms with Crippen LogP contribution in [-0.4, -0.2) is 26.9 Å².